The molecule has 0 radical (unpaired) electrons. The Bertz CT molecular complexity index is 2280. The first-order valence-corrected chi connectivity index (χ1v) is 17.7. The van der Waals surface area contributed by atoms with E-state index in [2.05, 4.69) is 168 Å². The van der Waals surface area contributed by atoms with Gasteiger partial charge >= 0.3 is 0 Å². The van der Waals surface area contributed by atoms with Crippen molar-refractivity contribution in [3.05, 3.63) is 167 Å². The van der Waals surface area contributed by atoms with Crippen molar-refractivity contribution in [2.24, 2.45) is 0 Å². The quantitative estimate of drug-likeness (QED) is 0.160. The fourth-order valence-corrected chi connectivity index (χ4v) is 7.97. The van der Waals surface area contributed by atoms with Crippen LogP contribution in [0.15, 0.2) is 133 Å². The molecule has 48 heavy (non-hydrogen) atoms. The molecule has 4 heterocycles. The maximum atomic E-state index is 4.61. The van der Waals surface area contributed by atoms with Crippen LogP contribution in [0.4, 0.5) is 0 Å². The highest BCUT2D eigenvalue weighted by Crippen LogP contribution is 2.40. The zero-order chi connectivity index (χ0) is 32.5. The molecular weight excluding hydrogens is 621 g/mol. The van der Waals surface area contributed by atoms with Crippen LogP contribution in [0.2, 0.25) is 0 Å². The summed E-state index contributed by atoms with van der Waals surface area (Å²) in [6.45, 7) is 4.05. The molecule has 0 aliphatic heterocycles. The number of thiophene rings is 2. The first-order valence-electron chi connectivity index (χ1n) is 16.0. The fraction of sp³-hybridized carbons (Fsp3) is 0.0455. The van der Waals surface area contributed by atoms with E-state index in [4.69, 9.17) is 0 Å². The van der Waals surface area contributed by atoms with Gasteiger partial charge in [0, 0.05) is 41.7 Å². The third kappa shape index (κ3) is 6.54. The molecule has 8 rings (SSSR count). The van der Waals surface area contributed by atoms with E-state index in [1.165, 1.54) is 52.9 Å². The molecular formula is C44H32N2S2. The Hall–Kier alpha value is -5.42. The van der Waals surface area contributed by atoms with E-state index in [1.807, 2.05) is 36.5 Å². The lowest BCUT2D eigenvalue weighted by molar-refractivity contribution is 1.25. The predicted molar refractivity (Wildman–Crippen MR) is 209 cm³/mol. The van der Waals surface area contributed by atoms with Gasteiger partial charge in [0.25, 0.3) is 0 Å². The molecule has 0 unspecified atom stereocenters. The monoisotopic (exact) mass is 652 g/mol. The van der Waals surface area contributed by atoms with Crippen LogP contribution in [-0.2, 0) is 0 Å². The molecule has 0 atom stereocenters. The van der Waals surface area contributed by atoms with Gasteiger partial charge < -0.3 is 0 Å². The van der Waals surface area contributed by atoms with Crippen molar-refractivity contribution >= 4 is 68.8 Å². The summed E-state index contributed by atoms with van der Waals surface area (Å²) in [7, 11) is 0. The van der Waals surface area contributed by atoms with Gasteiger partial charge in [0.2, 0.25) is 0 Å². The Morgan fingerprint density at radius 1 is 0.375 bits per heavy atom. The van der Waals surface area contributed by atoms with Crippen molar-refractivity contribution in [3.63, 3.8) is 0 Å². The summed E-state index contributed by atoms with van der Waals surface area (Å²) in [6.07, 6.45) is 8.68. The lowest BCUT2D eigenvalue weighted by atomic mass is 10.1. The molecule has 0 amide bonds. The summed E-state index contributed by atoms with van der Waals surface area (Å²) in [5.74, 6) is 0. The van der Waals surface area contributed by atoms with Crippen LogP contribution in [0.25, 0.3) is 76.7 Å². The number of nitrogens with zero attached hydrogens (tertiary/aromatic N) is 2. The predicted octanol–water partition coefficient (Wildman–Crippen LogP) is 12.9. The van der Waals surface area contributed by atoms with E-state index in [-0.39, 0.29) is 0 Å². The van der Waals surface area contributed by atoms with Gasteiger partial charge in [-0.2, -0.15) is 0 Å². The molecule has 8 aromatic rings. The van der Waals surface area contributed by atoms with Crippen molar-refractivity contribution in [3.8, 4) is 30.6 Å². The number of hydrogen-bond donors (Lipinski definition) is 0. The minimum atomic E-state index is 1.04. The molecule has 230 valence electrons. The van der Waals surface area contributed by atoms with Crippen LogP contribution in [0.5, 0.6) is 0 Å². The van der Waals surface area contributed by atoms with Crippen molar-refractivity contribution in [1.29, 1.82) is 0 Å². The lowest BCUT2D eigenvalue weighted by Crippen LogP contribution is -1.83. The number of aryl methyl sites for hydroxylation is 2. The summed E-state index contributed by atoms with van der Waals surface area (Å²) in [5.41, 5.74) is 11.4. The van der Waals surface area contributed by atoms with E-state index in [0.29, 0.717) is 0 Å². The Balaban J connectivity index is 0.921. The number of rotatable bonds is 7. The van der Waals surface area contributed by atoms with Crippen molar-refractivity contribution in [1.82, 2.24) is 9.97 Å². The second kappa shape index (κ2) is 13.0. The highest BCUT2D eigenvalue weighted by Gasteiger charge is 2.09. The van der Waals surface area contributed by atoms with E-state index in [0.717, 1.165) is 33.2 Å². The first kappa shape index (κ1) is 29.9. The van der Waals surface area contributed by atoms with Crippen LogP contribution >= 0.6 is 22.7 Å². The summed E-state index contributed by atoms with van der Waals surface area (Å²) in [6, 6.07) is 47.8. The van der Waals surface area contributed by atoms with Gasteiger partial charge in [0.1, 0.15) is 0 Å². The molecule has 2 nitrogen and oxygen atoms in total. The molecule has 0 bridgehead atoms. The molecule has 4 aromatic heterocycles. The topological polar surface area (TPSA) is 25.8 Å². The first-order chi connectivity index (χ1) is 23.5. The number of benzene rings is 4. The summed E-state index contributed by atoms with van der Waals surface area (Å²) >= 11 is 3.69. The number of fused-ring (bicyclic) bond motifs is 2. The molecule has 0 N–H and O–H groups in total. The molecule has 4 heteroatoms. The lowest BCUT2D eigenvalue weighted by Gasteiger charge is -2.02. The van der Waals surface area contributed by atoms with Crippen molar-refractivity contribution < 1.29 is 0 Å². The van der Waals surface area contributed by atoms with Crippen LogP contribution < -0.4 is 0 Å². The van der Waals surface area contributed by atoms with Gasteiger partial charge in [-0.15, -0.1) is 22.7 Å². The molecule has 0 saturated heterocycles. The Morgan fingerprint density at radius 2 is 0.750 bits per heavy atom. The molecule has 0 saturated carbocycles. The minimum Gasteiger partial charge on any atom is -0.253 e. The summed E-state index contributed by atoms with van der Waals surface area (Å²) in [4.78, 5) is 14.4. The van der Waals surface area contributed by atoms with Gasteiger partial charge in [0.05, 0.1) is 11.0 Å². The third-order valence-electron chi connectivity index (χ3n) is 8.49. The zero-order valence-electron chi connectivity index (χ0n) is 26.7. The van der Waals surface area contributed by atoms with E-state index in [9.17, 15) is 0 Å². The number of hydrogen-bond acceptors (Lipinski definition) is 4. The van der Waals surface area contributed by atoms with Crippen LogP contribution in [0, 0.1) is 13.8 Å². The second-order valence-corrected chi connectivity index (χ2v) is 14.2. The Labute approximate surface area is 289 Å². The van der Waals surface area contributed by atoms with Gasteiger partial charge in [0.15, 0.2) is 0 Å². The molecule has 0 spiro atoms. The average molecular weight is 653 g/mol. The number of aromatic nitrogens is 2. The van der Waals surface area contributed by atoms with Crippen LogP contribution in [-0.4, -0.2) is 9.97 Å². The molecule has 0 aliphatic rings. The second-order valence-electron chi connectivity index (χ2n) is 12.0. The van der Waals surface area contributed by atoms with Crippen molar-refractivity contribution in [2.45, 2.75) is 13.8 Å². The van der Waals surface area contributed by atoms with E-state index >= 15 is 0 Å². The molecule has 4 aromatic carbocycles. The fourth-order valence-electron chi connectivity index (χ4n) is 5.85. The van der Waals surface area contributed by atoms with E-state index in [1.54, 1.807) is 0 Å². The molecule has 0 aliphatic carbocycles. The van der Waals surface area contributed by atoms with Gasteiger partial charge in [-0.1, -0.05) is 97.1 Å². The summed E-state index contributed by atoms with van der Waals surface area (Å²) in [5, 5.41) is 2.33. The van der Waals surface area contributed by atoms with Crippen LogP contribution in [0.3, 0.4) is 0 Å². The zero-order valence-corrected chi connectivity index (χ0v) is 28.4. The highest BCUT2D eigenvalue weighted by molar-refractivity contribution is 7.25. The third-order valence-corrected chi connectivity index (χ3v) is 11.0. The minimum absolute atomic E-state index is 1.04. The van der Waals surface area contributed by atoms with E-state index < -0.39 is 0 Å². The highest BCUT2D eigenvalue weighted by atomic mass is 32.1. The number of pyridine rings is 2. The Morgan fingerprint density at radius 3 is 1.19 bits per heavy atom. The maximum Gasteiger partial charge on any atom is 0.0705 e. The van der Waals surface area contributed by atoms with Gasteiger partial charge in [-0.3, -0.25) is 9.97 Å². The van der Waals surface area contributed by atoms with Gasteiger partial charge in [-0.25, -0.2) is 0 Å². The van der Waals surface area contributed by atoms with Crippen molar-refractivity contribution in [2.75, 3.05) is 0 Å². The van der Waals surface area contributed by atoms with Crippen LogP contribution in [0.1, 0.15) is 33.6 Å². The maximum absolute atomic E-state index is 4.61. The smallest absolute Gasteiger partial charge is 0.0705 e. The van der Waals surface area contributed by atoms with Gasteiger partial charge in [-0.05, 0) is 108 Å². The normalized spacial score (nSPS) is 11.8. The molecule has 0 fully saturated rings. The standard InChI is InChI=1S/C44H32N2S2/c1-29-3-15-37-27-33(13-21-39(37)45-29)7-5-31-9-17-35(18-10-31)41-23-25-43(47-41)44-26-24-42(48-44)36-19-11-32(12-20-36)6-8-34-14-22-40-38(28-34)16-4-30(2)46-40/h3-28H,1-2H3/b7-5+,8-6+. The summed E-state index contributed by atoms with van der Waals surface area (Å²) < 4.78 is 0. The Kier molecular flexibility index (Phi) is 8.11. The largest absolute Gasteiger partial charge is 0.253 e. The SMILES string of the molecule is Cc1ccc2cc(/C=C/c3ccc(-c4ccc(-c5ccc(-c6ccc(/C=C/c7ccc8nc(C)ccc8c7)cc6)s5)s4)cc3)ccc2n1. The average Bonchev–Trinajstić information content (AvgIpc) is 3.81.